The van der Waals surface area contributed by atoms with E-state index >= 15 is 0 Å². The van der Waals surface area contributed by atoms with Crippen molar-refractivity contribution >= 4 is 5.97 Å². The Labute approximate surface area is 116 Å². The minimum atomic E-state index is -1.09. The first-order valence-electron chi connectivity index (χ1n) is 6.25. The molecule has 0 aliphatic carbocycles. The molecule has 104 valence electrons. The van der Waals surface area contributed by atoms with Crippen LogP contribution in [0, 0.1) is 19.7 Å². The largest absolute Gasteiger partial charge is 0.481 e. The van der Waals surface area contributed by atoms with Gasteiger partial charge < -0.3 is 5.11 Å². The lowest BCUT2D eigenvalue weighted by atomic mass is 9.93. The van der Waals surface area contributed by atoms with E-state index in [-0.39, 0.29) is 17.8 Å². The van der Waals surface area contributed by atoms with Crippen molar-refractivity contribution in [2.45, 2.75) is 26.2 Å². The molecule has 1 aromatic carbocycles. The molecule has 0 amide bonds. The fourth-order valence-electron chi connectivity index (χ4n) is 2.08. The molecule has 0 saturated heterocycles. The van der Waals surface area contributed by atoms with E-state index in [9.17, 15) is 14.3 Å². The number of nitrogens with zero attached hydrogens (tertiary/aromatic N) is 2. The summed E-state index contributed by atoms with van der Waals surface area (Å²) in [5.41, 5.74) is 1.94. The summed E-state index contributed by atoms with van der Waals surface area (Å²) < 4.78 is 14.0. The fourth-order valence-corrected chi connectivity index (χ4v) is 2.08. The number of aryl methyl sites for hydroxylation is 2. The van der Waals surface area contributed by atoms with E-state index in [2.05, 4.69) is 9.97 Å². The van der Waals surface area contributed by atoms with E-state index in [0.717, 1.165) is 11.1 Å². The van der Waals surface area contributed by atoms with Gasteiger partial charge in [-0.05, 0) is 31.4 Å². The van der Waals surface area contributed by atoms with Gasteiger partial charge in [0.05, 0.1) is 11.4 Å². The van der Waals surface area contributed by atoms with Crippen LogP contribution in [0.5, 0.6) is 0 Å². The van der Waals surface area contributed by atoms with Crippen LogP contribution in [0.25, 0.3) is 0 Å². The molecule has 2 aromatic rings. The minimum Gasteiger partial charge on any atom is -0.481 e. The first kappa shape index (κ1) is 14.1. The van der Waals surface area contributed by atoms with E-state index in [1.54, 1.807) is 0 Å². The zero-order valence-corrected chi connectivity index (χ0v) is 11.3. The number of benzene rings is 1. The third kappa shape index (κ3) is 2.82. The highest BCUT2D eigenvalue weighted by atomic mass is 19.1. The molecule has 0 radical (unpaired) electrons. The van der Waals surface area contributed by atoms with Crippen LogP contribution in [-0.2, 0) is 11.2 Å². The quantitative estimate of drug-likeness (QED) is 0.931. The van der Waals surface area contributed by atoms with Gasteiger partial charge in [0.1, 0.15) is 12.2 Å². The third-order valence-electron chi connectivity index (χ3n) is 3.30. The van der Waals surface area contributed by atoms with E-state index in [1.165, 1.54) is 13.3 Å². The van der Waals surface area contributed by atoms with Crippen molar-refractivity contribution in [2.24, 2.45) is 0 Å². The molecule has 20 heavy (non-hydrogen) atoms. The number of halogens is 1. The molecule has 0 fully saturated rings. The van der Waals surface area contributed by atoms with Crippen LogP contribution in [0.4, 0.5) is 4.39 Å². The first-order valence-corrected chi connectivity index (χ1v) is 6.25. The molecule has 1 aromatic heterocycles. The van der Waals surface area contributed by atoms with Gasteiger partial charge in [0, 0.05) is 0 Å². The van der Waals surface area contributed by atoms with Gasteiger partial charge in [0.15, 0.2) is 5.82 Å². The number of aliphatic carboxylic acids is 1. The van der Waals surface area contributed by atoms with Gasteiger partial charge in [-0.25, -0.2) is 14.4 Å². The Balaban J connectivity index is 2.40. The van der Waals surface area contributed by atoms with Crippen LogP contribution in [-0.4, -0.2) is 21.0 Å². The van der Waals surface area contributed by atoms with Gasteiger partial charge >= 0.3 is 5.97 Å². The summed E-state index contributed by atoms with van der Waals surface area (Å²) in [5, 5.41) is 9.37. The maximum Gasteiger partial charge on any atom is 0.313 e. The highest BCUT2D eigenvalue weighted by Gasteiger charge is 2.26. The predicted molar refractivity (Wildman–Crippen MR) is 72.0 cm³/mol. The molecule has 1 atom stereocenters. The van der Waals surface area contributed by atoms with Crippen LogP contribution in [0.3, 0.4) is 0 Å². The Kier molecular flexibility index (Phi) is 4.08. The Morgan fingerprint density at radius 3 is 2.65 bits per heavy atom. The van der Waals surface area contributed by atoms with Crippen molar-refractivity contribution in [2.75, 3.05) is 0 Å². The summed E-state index contributed by atoms with van der Waals surface area (Å²) in [5.74, 6) is -2.75. The molecular weight excluding hydrogens is 259 g/mol. The van der Waals surface area contributed by atoms with Crippen molar-refractivity contribution in [1.29, 1.82) is 0 Å². The highest BCUT2D eigenvalue weighted by molar-refractivity contribution is 5.76. The zero-order chi connectivity index (χ0) is 14.7. The zero-order valence-electron chi connectivity index (χ0n) is 11.3. The van der Waals surface area contributed by atoms with Crippen LogP contribution >= 0.6 is 0 Å². The number of carbonyl (C=O) groups is 1. The van der Waals surface area contributed by atoms with Crippen molar-refractivity contribution in [1.82, 2.24) is 9.97 Å². The molecule has 0 aliphatic rings. The number of rotatable bonds is 4. The summed E-state index contributed by atoms with van der Waals surface area (Å²) >= 11 is 0. The predicted octanol–water partition coefficient (Wildman–Crippen LogP) is 2.64. The first-order chi connectivity index (χ1) is 9.50. The average molecular weight is 274 g/mol. The number of carboxylic acids is 1. The maximum absolute atomic E-state index is 14.0. The Morgan fingerprint density at radius 2 is 2.00 bits per heavy atom. The van der Waals surface area contributed by atoms with Crippen molar-refractivity contribution in [3.05, 3.63) is 58.9 Å². The van der Waals surface area contributed by atoms with Gasteiger partial charge in [-0.15, -0.1) is 0 Å². The number of carboxylic acid groups (broad SMARTS) is 1. The van der Waals surface area contributed by atoms with E-state index in [4.69, 9.17) is 0 Å². The molecule has 1 unspecified atom stereocenters. The third-order valence-corrected chi connectivity index (χ3v) is 3.30. The van der Waals surface area contributed by atoms with Gasteiger partial charge in [0.2, 0.25) is 0 Å². The Bertz CT molecular complexity index is 644. The van der Waals surface area contributed by atoms with Gasteiger partial charge in [-0.1, -0.05) is 24.3 Å². The van der Waals surface area contributed by atoms with Crippen molar-refractivity contribution < 1.29 is 14.3 Å². The molecule has 0 saturated carbocycles. The summed E-state index contributed by atoms with van der Waals surface area (Å²) in [6, 6.07) is 7.46. The molecule has 0 bridgehead atoms. The Morgan fingerprint density at radius 1 is 1.30 bits per heavy atom. The fraction of sp³-hybridized carbons (Fsp3) is 0.267. The monoisotopic (exact) mass is 274 g/mol. The van der Waals surface area contributed by atoms with E-state index in [0.29, 0.717) is 0 Å². The highest BCUT2D eigenvalue weighted by Crippen LogP contribution is 2.24. The van der Waals surface area contributed by atoms with Crippen LogP contribution < -0.4 is 0 Å². The topological polar surface area (TPSA) is 63.1 Å². The average Bonchev–Trinajstić information content (AvgIpc) is 2.41. The Hall–Kier alpha value is -2.30. The summed E-state index contributed by atoms with van der Waals surface area (Å²) in [6.07, 6.45) is 1.40. The molecule has 4 nitrogen and oxygen atoms in total. The summed E-state index contributed by atoms with van der Waals surface area (Å²) in [4.78, 5) is 19.0. The SMILES string of the molecule is Cc1ccccc1CC(C(=O)O)c1ncnc(C)c1F. The van der Waals surface area contributed by atoms with E-state index in [1.807, 2.05) is 31.2 Å². The normalized spacial score (nSPS) is 12.2. The second kappa shape index (κ2) is 5.77. The molecule has 0 aliphatic heterocycles. The van der Waals surface area contributed by atoms with E-state index < -0.39 is 17.7 Å². The number of hydrogen-bond donors (Lipinski definition) is 1. The van der Waals surface area contributed by atoms with Gasteiger partial charge in [-0.2, -0.15) is 0 Å². The molecule has 5 heteroatoms. The standard InChI is InChI=1S/C15H15FN2O2/c1-9-5-3-4-6-11(9)7-12(15(19)20)14-13(16)10(2)17-8-18-14/h3-6,8,12H,7H2,1-2H3,(H,19,20). The lowest BCUT2D eigenvalue weighted by Crippen LogP contribution is -2.19. The van der Waals surface area contributed by atoms with Crippen LogP contribution in [0.15, 0.2) is 30.6 Å². The molecule has 1 N–H and O–H groups in total. The number of aromatic nitrogens is 2. The second-order valence-corrected chi connectivity index (χ2v) is 4.68. The van der Waals surface area contributed by atoms with Crippen LogP contribution in [0.2, 0.25) is 0 Å². The maximum atomic E-state index is 14.0. The number of hydrogen-bond acceptors (Lipinski definition) is 3. The lowest BCUT2D eigenvalue weighted by Gasteiger charge is -2.14. The molecule has 1 heterocycles. The molecule has 0 spiro atoms. The molecular formula is C15H15FN2O2. The minimum absolute atomic E-state index is 0.0618. The smallest absolute Gasteiger partial charge is 0.313 e. The van der Waals surface area contributed by atoms with Gasteiger partial charge in [-0.3, -0.25) is 4.79 Å². The van der Waals surface area contributed by atoms with Gasteiger partial charge in [0.25, 0.3) is 0 Å². The van der Waals surface area contributed by atoms with Crippen molar-refractivity contribution in [3.8, 4) is 0 Å². The summed E-state index contributed by atoms with van der Waals surface area (Å²) in [6.45, 7) is 3.39. The van der Waals surface area contributed by atoms with Crippen molar-refractivity contribution in [3.63, 3.8) is 0 Å². The van der Waals surface area contributed by atoms with Crippen LogP contribution in [0.1, 0.15) is 28.4 Å². The summed E-state index contributed by atoms with van der Waals surface area (Å²) in [7, 11) is 0. The molecule has 2 rings (SSSR count). The second-order valence-electron chi connectivity index (χ2n) is 4.68. The lowest BCUT2D eigenvalue weighted by molar-refractivity contribution is -0.138.